The standard InChI is InChI=1S/C17H27NO2/c1-14-6-5-9-17(14,13-18-10-11-19-2)15-7-4-8-16(12-15)20-3/h4,7-8,12,14,18H,5-6,9-11,13H2,1-3H3. The topological polar surface area (TPSA) is 30.5 Å². The molecule has 112 valence electrons. The summed E-state index contributed by atoms with van der Waals surface area (Å²) in [6.45, 7) is 5.08. The normalized spacial score (nSPS) is 25.9. The third-order valence-electron chi connectivity index (χ3n) is 4.77. The molecular weight excluding hydrogens is 250 g/mol. The van der Waals surface area contributed by atoms with E-state index in [-0.39, 0.29) is 5.41 Å². The summed E-state index contributed by atoms with van der Waals surface area (Å²) in [6, 6.07) is 8.59. The van der Waals surface area contributed by atoms with Crippen molar-refractivity contribution in [3.05, 3.63) is 29.8 Å². The summed E-state index contributed by atoms with van der Waals surface area (Å²) in [5, 5.41) is 3.57. The van der Waals surface area contributed by atoms with Crippen LogP contribution in [0, 0.1) is 5.92 Å². The van der Waals surface area contributed by atoms with E-state index in [4.69, 9.17) is 9.47 Å². The summed E-state index contributed by atoms with van der Waals surface area (Å²) >= 11 is 0. The minimum absolute atomic E-state index is 0.238. The Bertz CT molecular complexity index is 421. The third-order valence-corrected chi connectivity index (χ3v) is 4.77. The van der Waals surface area contributed by atoms with Gasteiger partial charge >= 0.3 is 0 Å². The Kier molecular flexibility index (Phi) is 5.44. The van der Waals surface area contributed by atoms with Crippen LogP contribution in [0.3, 0.4) is 0 Å². The van der Waals surface area contributed by atoms with Crippen molar-refractivity contribution < 1.29 is 9.47 Å². The van der Waals surface area contributed by atoms with Gasteiger partial charge in [-0.3, -0.25) is 0 Å². The van der Waals surface area contributed by atoms with Crippen LogP contribution in [0.15, 0.2) is 24.3 Å². The van der Waals surface area contributed by atoms with Crippen LogP contribution >= 0.6 is 0 Å². The maximum atomic E-state index is 5.40. The largest absolute Gasteiger partial charge is 0.497 e. The molecule has 2 atom stereocenters. The second-order valence-electron chi connectivity index (χ2n) is 5.85. The first-order valence-corrected chi connectivity index (χ1v) is 7.57. The molecule has 0 heterocycles. The Morgan fingerprint density at radius 1 is 1.35 bits per heavy atom. The second kappa shape index (κ2) is 7.09. The maximum absolute atomic E-state index is 5.40. The quantitative estimate of drug-likeness (QED) is 0.777. The van der Waals surface area contributed by atoms with E-state index in [2.05, 4.69) is 30.4 Å². The number of nitrogens with one attached hydrogen (secondary N) is 1. The van der Waals surface area contributed by atoms with Gasteiger partial charge < -0.3 is 14.8 Å². The molecule has 0 aliphatic heterocycles. The van der Waals surface area contributed by atoms with Gasteiger partial charge in [0.2, 0.25) is 0 Å². The zero-order chi connectivity index (χ0) is 14.4. The van der Waals surface area contributed by atoms with E-state index >= 15 is 0 Å². The molecule has 3 heteroatoms. The van der Waals surface area contributed by atoms with Crippen LogP contribution in [0.25, 0.3) is 0 Å². The molecule has 2 rings (SSSR count). The van der Waals surface area contributed by atoms with Gasteiger partial charge in [0.15, 0.2) is 0 Å². The highest BCUT2D eigenvalue weighted by Crippen LogP contribution is 2.45. The zero-order valence-corrected chi connectivity index (χ0v) is 12.9. The van der Waals surface area contributed by atoms with Crippen molar-refractivity contribution in [2.45, 2.75) is 31.6 Å². The number of ether oxygens (including phenoxy) is 2. The zero-order valence-electron chi connectivity index (χ0n) is 12.9. The molecule has 1 saturated carbocycles. The molecule has 1 aromatic carbocycles. The van der Waals surface area contributed by atoms with Gasteiger partial charge in [0.05, 0.1) is 13.7 Å². The van der Waals surface area contributed by atoms with Gasteiger partial charge in [-0.15, -0.1) is 0 Å². The summed E-state index contributed by atoms with van der Waals surface area (Å²) in [5.74, 6) is 1.66. The van der Waals surface area contributed by atoms with E-state index in [0.29, 0.717) is 5.92 Å². The lowest BCUT2D eigenvalue weighted by atomic mass is 9.73. The fourth-order valence-electron chi connectivity index (χ4n) is 3.46. The monoisotopic (exact) mass is 277 g/mol. The molecule has 1 aliphatic rings. The highest BCUT2D eigenvalue weighted by atomic mass is 16.5. The molecule has 0 aromatic heterocycles. The second-order valence-corrected chi connectivity index (χ2v) is 5.85. The van der Waals surface area contributed by atoms with E-state index in [0.717, 1.165) is 25.4 Å². The van der Waals surface area contributed by atoms with Gasteiger partial charge in [-0.05, 0) is 36.5 Å². The number of benzene rings is 1. The van der Waals surface area contributed by atoms with Gasteiger partial charge in [-0.25, -0.2) is 0 Å². The van der Waals surface area contributed by atoms with Gasteiger partial charge in [-0.2, -0.15) is 0 Å². The predicted octanol–water partition coefficient (Wildman–Crippen LogP) is 2.99. The van der Waals surface area contributed by atoms with E-state index in [1.807, 2.05) is 6.07 Å². The molecule has 2 unspecified atom stereocenters. The summed E-state index contributed by atoms with van der Waals surface area (Å²) in [5.41, 5.74) is 1.65. The van der Waals surface area contributed by atoms with E-state index in [9.17, 15) is 0 Å². The fourth-order valence-corrected chi connectivity index (χ4v) is 3.46. The molecule has 1 N–H and O–H groups in total. The van der Waals surface area contributed by atoms with Crippen LogP contribution in [0.4, 0.5) is 0 Å². The van der Waals surface area contributed by atoms with Crippen molar-refractivity contribution in [2.75, 3.05) is 33.9 Å². The van der Waals surface area contributed by atoms with Gasteiger partial charge in [0, 0.05) is 25.6 Å². The fraction of sp³-hybridized carbons (Fsp3) is 0.647. The average molecular weight is 277 g/mol. The van der Waals surface area contributed by atoms with Crippen LogP contribution in [0.5, 0.6) is 5.75 Å². The van der Waals surface area contributed by atoms with Crippen LogP contribution in [0.1, 0.15) is 31.7 Å². The number of hydrogen-bond donors (Lipinski definition) is 1. The number of rotatable bonds is 7. The number of methoxy groups -OCH3 is 2. The number of hydrogen-bond acceptors (Lipinski definition) is 3. The Hall–Kier alpha value is -1.06. The Morgan fingerprint density at radius 2 is 2.20 bits per heavy atom. The average Bonchev–Trinajstić information content (AvgIpc) is 2.86. The molecular formula is C17H27NO2. The van der Waals surface area contributed by atoms with Crippen molar-refractivity contribution >= 4 is 0 Å². The molecule has 3 nitrogen and oxygen atoms in total. The van der Waals surface area contributed by atoms with Gasteiger partial charge in [-0.1, -0.05) is 25.5 Å². The Morgan fingerprint density at radius 3 is 2.85 bits per heavy atom. The maximum Gasteiger partial charge on any atom is 0.119 e. The van der Waals surface area contributed by atoms with Crippen molar-refractivity contribution in [1.29, 1.82) is 0 Å². The first-order chi connectivity index (χ1) is 9.73. The molecule has 1 aromatic rings. The molecule has 1 aliphatic carbocycles. The summed E-state index contributed by atoms with van der Waals surface area (Å²) in [4.78, 5) is 0. The first-order valence-electron chi connectivity index (χ1n) is 7.57. The Balaban J connectivity index is 2.17. The molecule has 0 radical (unpaired) electrons. The van der Waals surface area contributed by atoms with Crippen molar-refractivity contribution in [1.82, 2.24) is 5.32 Å². The first kappa shape index (κ1) is 15.3. The molecule has 20 heavy (non-hydrogen) atoms. The Labute approximate surface area is 122 Å². The summed E-state index contributed by atoms with van der Waals surface area (Å²) in [7, 11) is 3.48. The molecule has 0 amide bonds. The van der Waals surface area contributed by atoms with E-state index < -0.39 is 0 Å². The van der Waals surface area contributed by atoms with Gasteiger partial charge in [0.25, 0.3) is 0 Å². The van der Waals surface area contributed by atoms with Crippen molar-refractivity contribution in [3.63, 3.8) is 0 Å². The van der Waals surface area contributed by atoms with Crippen LogP contribution < -0.4 is 10.1 Å². The van der Waals surface area contributed by atoms with E-state index in [1.165, 1.54) is 24.8 Å². The molecule has 0 spiro atoms. The highest BCUT2D eigenvalue weighted by Gasteiger charge is 2.41. The molecule has 0 saturated heterocycles. The van der Waals surface area contributed by atoms with Crippen LogP contribution in [0.2, 0.25) is 0 Å². The molecule has 1 fully saturated rings. The van der Waals surface area contributed by atoms with Gasteiger partial charge in [0.1, 0.15) is 5.75 Å². The SMILES string of the molecule is COCCNCC1(c2cccc(OC)c2)CCCC1C. The minimum atomic E-state index is 0.238. The third kappa shape index (κ3) is 3.15. The van der Waals surface area contributed by atoms with Crippen LogP contribution in [-0.2, 0) is 10.2 Å². The van der Waals surface area contributed by atoms with Crippen molar-refractivity contribution in [3.8, 4) is 5.75 Å². The lowest BCUT2D eigenvalue weighted by molar-refractivity contribution is 0.194. The predicted molar refractivity (Wildman–Crippen MR) is 82.4 cm³/mol. The summed E-state index contributed by atoms with van der Waals surface area (Å²) < 4.78 is 10.5. The summed E-state index contributed by atoms with van der Waals surface area (Å²) in [6.07, 6.45) is 3.87. The highest BCUT2D eigenvalue weighted by molar-refractivity contribution is 5.35. The lowest BCUT2D eigenvalue weighted by Gasteiger charge is -2.35. The molecule has 0 bridgehead atoms. The van der Waals surface area contributed by atoms with Crippen LogP contribution in [-0.4, -0.2) is 33.9 Å². The lowest BCUT2D eigenvalue weighted by Crippen LogP contribution is -2.41. The van der Waals surface area contributed by atoms with E-state index in [1.54, 1.807) is 14.2 Å². The van der Waals surface area contributed by atoms with Crippen molar-refractivity contribution in [2.24, 2.45) is 5.92 Å². The smallest absolute Gasteiger partial charge is 0.119 e. The minimum Gasteiger partial charge on any atom is -0.497 e.